The molecule has 2 saturated heterocycles. The molecular formula is C17H26N4O. The third-order valence-electron chi connectivity index (χ3n) is 4.56. The molecule has 2 aliphatic rings. The number of piperazine rings is 2. The van der Waals surface area contributed by atoms with Gasteiger partial charge in [-0.05, 0) is 31.2 Å². The van der Waals surface area contributed by atoms with Crippen molar-refractivity contribution in [3.05, 3.63) is 29.8 Å². The maximum absolute atomic E-state index is 12.2. The van der Waals surface area contributed by atoms with E-state index in [1.54, 1.807) is 0 Å². The molecule has 1 aromatic carbocycles. The third kappa shape index (κ3) is 3.85. The van der Waals surface area contributed by atoms with Crippen molar-refractivity contribution in [2.75, 3.05) is 64.3 Å². The Balaban J connectivity index is 1.61. The lowest BCUT2D eigenvalue weighted by atomic mass is 10.1. The smallest absolute Gasteiger partial charge is 0.241 e. The molecule has 5 heteroatoms. The van der Waals surface area contributed by atoms with E-state index < -0.39 is 0 Å². The number of anilines is 1. The summed E-state index contributed by atoms with van der Waals surface area (Å²) in [5.41, 5.74) is 2.37. The number of likely N-dealkylation sites (N-methyl/N-ethyl adjacent to an activating group) is 1. The highest BCUT2D eigenvalue weighted by Crippen LogP contribution is 2.19. The van der Waals surface area contributed by atoms with E-state index in [0.29, 0.717) is 6.54 Å². The first-order valence-electron chi connectivity index (χ1n) is 8.23. The molecule has 5 nitrogen and oxygen atoms in total. The predicted octanol–water partition coefficient (Wildman–Crippen LogP) is 0.413. The molecule has 1 aromatic rings. The number of carbonyl (C=O) groups is 1. The van der Waals surface area contributed by atoms with Crippen LogP contribution in [0.3, 0.4) is 0 Å². The molecular weight excluding hydrogens is 276 g/mol. The summed E-state index contributed by atoms with van der Waals surface area (Å²) in [7, 11) is 2.00. The van der Waals surface area contributed by atoms with Gasteiger partial charge in [-0.3, -0.25) is 9.69 Å². The maximum atomic E-state index is 12.2. The molecule has 3 rings (SSSR count). The standard InChI is InChI=1S/C17H26N4O/c1-19-11-12-21(17(22)14-19)16-4-2-3-15(13-16)5-8-20-9-6-18-7-10-20/h2-4,13,18H,5-12,14H2,1H3. The quantitative estimate of drug-likeness (QED) is 0.874. The molecule has 120 valence electrons. The lowest BCUT2D eigenvalue weighted by molar-refractivity contribution is -0.120. The van der Waals surface area contributed by atoms with E-state index in [-0.39, 0.29) is 5.91 Å². The molecule has 0 radical (unpaired) electrons. The van der Waals surface area contributed by atoms with Crippen LogP contribution in [0.15, 0.2) is 24.3 Å². The second-order valence-corrected chi connectivity index (χ2v) is 6.29. The predicted molar refractivity (Wildman–Crippen MR) is 89.3 cm³/mol. The Morgan fingerprint density at radius 2 is 1.95 bits per heavy atom. The van der Waals surface area contributed by atoms with Crippen LogP contribution in [0, 0.1) is 0 Å². The summed E-state index contributed by atoms with van der Waals surface area (Å²) in [6, 6.07) is 8.49. The van der Waals surface area contributed by atoms with Crippen molar-refractivity contribution >= 4 is 11.6 Å². The fourth-order valence-electron chi connectivity index (χ4n) is 3.17. The molecule has 2 fully saturated rings. The van der Waals surface area contributed by atoms with Gasteiger partial charge in [-0.25, -0.2) is 0 Å². The largest absolute Gasteiger partial charge is 0.314 e. The summed E-state index contributed by atoms with van der Waals surface area (Å²) in [5.74, 6) is 0.202. The van der Waals surface area contributed by atoms with Crippen LogP contribution in [-0.2, 0) is 11.2 Å². The molecule has 0 spiro atoms. The molecule has 1 amide bonds. The molecule has 22 heavy (non-hydrogen) atoms. The summed E-state index contributed by atoms with van der Waals surface area (Å²) in [5, 5.41) is 3.38. The number of nitrogens with zero attached hydrogens (tertiary/aromatic N) is 3. The van der Waals surface area contributed by atoms with Crippen LogP contribution in [0.2, 0.25) is 0 Å². The lowest BCUT2D eigenvalue weighted by Gasteiger charge is -2.32. The average molecular weight is 302 g/mol. The van der Waals surface area contributed by atoms with Gasteiger partial charge in [-0.15, -0.1) is 0 Å². The summed E-state index contributed by atoms with van der Waals surface area (Å²) in [6.07, 6.45) is 1.05. The van der Waals surface area contributed by atoms with Gasteiger partial charge in [0.2, 0.25) is 5.91 Å². The Morgan fingerprint density at radius 3 is 2.73 bits per heavy atom. The highest BCUT2D eigenvalue weighted by Gasteiger charge is 2.22. The van der Waals surface area contributed by atoms with E-state index in [2.05, 4.69) is 39.4 Å². The van der Waals surface area contributed by atoms with Crippen molar-refractivity contribution in [2.24, 2.45) is 0 Å². The number of hydrogen-bond acceptors (Lipinski definition) is 4. The van der Waals surface area contributed by atoms with Crippen LogP contribution < -0.4 is 10.2 Å². The van der Waals surface area contributed by atoms with Gasteiger partial charge < -0.3 is 15.1 Å². The third-order valence-corrected chi connectivity index (χ3v) is 4.56. The maximum Gasteiger partial charge on any atom is 0.241 e. The monoisotopic (exact) mass is 302 g/mol. The van der Waals surface area contributed by atoms with Crippen molar-refractivity contribution in [3.8, 4) is 0 Å². The molecule has 0 unspecified atom stereocenters. The van der Waals surface area contributed by atoms with Gasteiger partial charge >= 0.3 is 0 Å². The molecule has 0 saturated carbocycles. The lowest BCUT2D eigenvalue weighted by Crippen LogP contribution is -2.48. The van der Waals surface area contributed by atoms with Crippen LogP contribution in [0.5, 0.6) is 0 Å². The van der Waals surface area contributed by atoms with Gasteiger partial charge in [0.1, 0.15) is 0 Å². The number of amides is 1. The zero-order valence-electron chi connectivity index (χ0n) is 13.4. The Morgan fingerprint density at radius 1 is 1.14 bits per heavy atom. The van der Waals surface area contributed by atoms with E-state index in [9.17, 15) is 4.79 Å². The first kappa shape index (κ1) is 15.5. The first-order valence-corrected chi connectivity index (χ1v) is 8.23. The Labute approximate surface area is 132 Å². The average Bonchev–Trinajstić information content (AvgIpc) is 2.54. The van der Waals surface area contributed by atoms with Crippen molar-refractivity contribution < 1.29 is 4.79 Å². The minimum absolute atomic E-state index is 0.202. The molecule has 0 atom stereocenters. The molecule has 2 aliphatic heterocycles. The van der Waals surface area contributed by atoms with Crippen LogP contribution in [0.1, 0.15) is 5.56 Å². The molecule has 0 aromatic heterocycles. The van der Waals surface area contributed by atoms with Crippen molar-refractivity contribution in [1.29, 1.82) is 0 Å². The van der Waals surface area contributed by atoms with E-state index in [1.165, 1.54) is 5.56 Å². The summed E-state index contributed by atoms with van der Waals surface area (Å²) in [4.78, 5) is 18.7. The summed E-state index contributed by atoms with van der Waals surface area (Å²) < 4.78 is 0. The van der Waals surface area contributed by atoms with Gasteiger partial charge in [0.05, 0.1) is 6.54 Å². The Bertz CT molecular complexity index is 513. The normalized spacial score (nSPS) is 21.3. The SMILES string of the molecule is CN1CCN(c2cccc(CCN3CCNCC3)c2)C(=O)C1. The van der Waals surface area contributed by atoms with Crippen LogP contribution in [0.4, 0.5) is 5.69 Å². The number of nitrogens with one attached hydrogen (secondary N) is 1. The molecule has 1 N–H and O–H groups in total. The highest BCUT2D eigenvalue weighted by atomic mass is 16.2. The minimum Gasteiger partial charge on any atom is -0.314 e. The topological polar surface area (TPSA) is 38.8 Å². The van der Waals surface area contributed by atoms with Gasteiger partial charge in [0.15, 0.2) is 0 Å². The van der Waals surface area contributed by atoms with Crippen LogP contribution in [0.25, 0.3) is 0 Å². The fourth-order valence-corrected chi connectivity index (χ4v) is 3.17. The van der Waals surface area contributed by atoms with Crippen LogP contribution >= 0.6 is 0 Å². The Kier molecular flexibility index (Phi) is 5.08. The molecule has 0 aliphatic carbocycles. The van der Waals surface area contributed by atoms with Gasteiger partial charge in [-0.1, -0.05) is 12.1 Å². The molecule has 2 heterocycles. The number of benzene rings is 1. The van der Waals surface area contributed by atoms with Crippen LogP contribution in [-0.4, -0.2) is 75.1 Å². The second-order valence-electron chi connectivity index (χ2n) is 6.29. The summed E-state index contributed by atoms with van der Waals surface area (Å²) >= 11 is 0. The second kappa shape index (κ2) is 7.22. The highest BCUT2D eigenvalue weighted by molar-refractivity contribution is 5.95. The summed E-state index contributed by atoms with van der Waals surface area (Å²) in [6.45, 7) is 7.80. The van der Waals surface area contributed by atoms with E-state index in [0.717, 1.165) is 57.9 Å². The first-order chi connectivity index (χ1) is 10.7. The van der Waals surface area contributed by atoms with Gasteiger partial charge in [-0.2, -0.15) is 0 Å². The zero-order chi connectivity index (χ0) is 15.4. The number of rotatable bonds is 4. The molecule has 0 bridgehead atoms. The number of hydrogen-bond donors (Lipinski definition) is 1. The number of carbonyl (C=O) groups excluding carboxylic acids is 1. The van der Waals surface area contributed by atoms with E-state index in [4.69, 9.17) is 0 Å². The Hall–Kier alpha value is -1.43. The minimum atomic E-state index is 0.202. The van der Waals surface area contributed by atoms with Crippen molar-refractivity contribution in [1.82, 2.24) is 15.1 Å². The zero-order valence-corrected chi connectivity index (χ0v) is 13.4. The van der Waals surface area contributed by atoms with E-state index in [1.807, 2.05) is 11.9 Å². The van der Waals surface area contributed by atoms with Crippen molar-refractivity contribution in [2.45, 2.75) is 6.42 Å². The fraction of sp³-hybridized carbons (Fsp3) is 0.588. The van der Waals surface area contributed by atoms with Gasteiger partial charge in [0, 0.05) is 51.5 Å². The van der Waals surface area contributed by atoms with Gasteiger partial charge in [0.25, 0.3) is 0 Å². The van der Waals surface area contributed by atoms with E-state index >= 15 is 0 Å². The van der Waals surface area contributed by atoms with Crippen molar-refractivity contribution in [3.63, 3.8) is 0 Å².